The van der Waals surface area contributed by atoms with E-state index < -0.39 is 5.60 Å². The van der Waals surface area contributed by atoms with Crippen LogP contribution in [0.3, 0.4) is 0 Å². The van der Waals surface area contributed by atoms with Crippen LogP contribution in [0.5, 0.6) is 0 Å². The molecule has 0 aliphatic carbocycles. The first kappa shape index (κ1) is 20.3. The number of ether oxygens (including phenoxy) is 1. The van der Waals surface area contributed by atoms with Crippen LogP contribution in [0.4, 0.5) is 10.7 Å². The van der Waals surface area contributed by atoms with Gasteiger partial charge in [0.15, 0.2) is 0 Å². The van der Waals surface area contributed by atoms with Crippen molar-refractivity contribution < 1.29 is 9.53 Å². The number of benzene rings is 2. The predicted octanol–water partition coefficient (Wildman–Crippen LogP) is 4.50. The average Bonchev–Trinajstić information content (AvgIpc) is 3.27. The number of rotatable bonds is 4. The summed E-state index contributed by atoms with van der Waals surface area (Å²) in [6.45, 7) is 10.1. The van der Waals surface area contributed by atoms with Crippen molar-refractivity contribution in [1.82, 2.24) is 14.9 Å². The molecule has 3 aromatic rings. The molecule has 6 heteroatoms. The van der Waals surface area contributed by atoms with Crippen molar-refractivity contribution >= 4 is 23.1 Å². The highest BCUT2D eigenvalue weighted by molar-refractivity contribution is 5.79. The Labute approximate surface area is 177 Å². The largest absolute Gasteiger partial charge is 0.444 e. The highest BCUT2D eigenvalue weighted by Crippen LogP contribution is 2.27. The van der Waals surface area contributed by atoms with Gasteiger partial charge in [0.1, 0.15) is 5.60 Å². The summed E-state index contributed by atoms with van der Waals surface area (Å²) < 4.78 is 7.69. The van der Waals surface area contributed by atoms with Crippen LogP contribution in [0.25, 0.3) is 11.0 Å². The van der Waals surface area contributed by atoms with E-state index in [0.717, 1.165) is 43.0 Å². The van der Waals surface area contributed by atoms with Gasteiger partial charge in [0.2, 0.25) is 5.95 Å². The van der Waals surface area contributed by atoms with Crippen molar-refractivity contribution in [3.05, 3.63) is 59.7 Å². The third kappa shape index (κ3) is 4.58. The van der Waals surface area contributed by atoms with Crippen LogP contribution < -0.4 is 10.2 Å². The molecule has 1 aliphatic heterocycles. The molecule has 1 saturated heterocycles. The van der Waals surface area contributed by atoms with Gasteiger partial charge in [-0.15, -0.1) is 0 Å². The number of alkyl carbamates (subject to hydrolysis) is 1. The van der Waals surface area contributed by atoms with E-state index in [1.54, 1.807) is 0 Å². The Hall–Kier alpha value is -3.02. The van der Waals surface area contributed by atoms with Gasteiger partial charge in [-0.05, 0) is 51.8 Å². The molecule has 0 radical (unpaired) electrons. The number of nitrogens with zero attached hydrogens (tertiary/aromatic N) is 3. The van der Waals surface area contributed by atoms with Gasteiger partial charge in [0.05, 0.1) is 23.6 Å². The summed E-state index contributed by atoms with van der Waals surface area (Å²) in [6, 6.07) is 16.9. The Morgan fingerprint density at radius 2 is 1.90 bits per heavy atom. The van der Waals surface area contributed by atoms with Gasteiger partial charge in [-0.3, -0.25) is 0 Å². The van der Waals surface area contributed by atoms with Gasteiger partial charge >= 0.3 is 6.09 Å². The lowest BCUT2D eigenvalue weighted by Gasteiger charge is -2.22. The average molecular weight is 407 g/mol. The molecule has 2 aromatic carbocycles. The van der Waals surface area contributed by atoms with Crippen molar-refractivity contribution in [3.63, 3.8) is 0 Å². The number of nitrogens with one attached hydrogen (secondary N) is 1. The van der Waals surface area contributed by atoms with E-state index in [4.69, 9.17) is 9.72 Å². The lowest BCUT2D eigenvalue weighted by atomic mass is 10.1. The SMILES string of the molecule is Cc1ccc(Cn2c(N3CCC(NC(=O)OC(C)(C)C)C3)nc3ccccc32)cc1. The minimum absolute atomic E-state index is 0.0486. The van der Waals surface area contributed by atoms with Crippen molar-refractivity contribution in [2.75, 3.05) is 18.0 Å². The van der Waals surface area contributed by atoms with Gasteiger partial charge in [0, 0.05) is 13.1 Å². The highest BCUT2D eigenvalue weighted by atomic mass is 16.6. The number of carbonyl (C=O) groups is 1. The first-order valence-corrected chi connectivity index (χ1v) is 10.5. The summed E-state index contributed by atoms with van der Waals surface area (Å²) in [7, 11) is 0. The summed E-state index contributed by atoms with van der Waals surface area (Å²) in [5.74, 6) is 0.949. The molecule has 1 fully saturated rings. The summed E-state index contributed by atoms with van der Waals surface area (Å²) in [6.07, 6.45) is 0.509. The molecule has 2 heterocycles. The molecule has 1 unspecified atom stereocenters. The zero-order valence-electron chi connectivity index (χ0n) is 18.2. The van der Waals surface area contributed by atoms with Gasteiger partial charge in [-0.1, -0.05) is 42.0 Å². The van der Waals surface area contributed by atoms with E-state index in [1.165, 1.54) is 11.1 Å². The van der Waals surface area contributed by atoms with Gasteiger partial charge in [0.25, 0.3) is 0 Å². The topological polar surface area (TPSA) is 59.4 Å². The quantitative estimate of drug-likeness (QED) is 0.693. The van der Waals surface area contributed by atoms with Crippen molar-refractivity contribution in [3.8, 4) is 0 Å². The minimum atomic E-state index is -0.496. The van der Waals surface area contributed by atoms with Crippen LogP contribution in [0, 0.1) is 6.92 Å². The molecule has 1 N–H and O–H groups in total. The summed E-state index contributed by atoms with van der Waals surface area (Å²) in [5.41, 5.74) is 4.11. The lowest BCUT2D eigenvalue weighted by molar-refractivity contribution is 0.0509. The first-order valence-electron chi connectivity index (χ1n) is 10.5. The maximum absolute atomic E-state index is 12.2. The highest BCUT2D eigenvalue weighted by Gasteiger charge is 2.29. The Balaban J connectivity index is 1.55. The van der Waals surface area contributed by atoms with E-state index in [9.17, 15) is 4.79 Å². The summed E-state index contributed by atoms with van der Waals surface area (Å²) in [4.78, 5) is 19.3. The van der Waals surface area contributed by atoms with Gasteiger partial charge in [-0.2, -0.15) is 0 Å². The fourth-order valence-corrected chi connectivity index (χ4v) is 3.87. The van der Waals surface area contributed by atoms with Crippen LogP contribution >= 0.6 is 0 Å². The lowest BCUT2D eigenvalue weighted by Crippen LogP contribution is -2.40. The molecule has 4 rings (SSSR count). The summed E-state index contributed by atoms with van der Waals surface area (Å²) in [5, 5.41) is 3.00. The second-order valence-electron chi connectivity index (χ2n) is 9.05. The van der Waals surface area contributed by atoms with E-state index in [0.29, 0.717) is 0 Å². The van der Waals surface area contributed by atoms with E-state index >= 15 is 0 Å². The van der Waals surface area contributed by atoms with Gasteiger partial charge < -0.3 is 19.5 Å². The Kier molecular flexibility index (Phi) is 5.41. The number of amides is 1. The molecule has 1 amide bonds. The molecular formula is C24H30N4O2. The number of anilines is 1. The monoisotopic (exact) mass is 406 g/mol. The number of hydrogen-bond donors (Lipinski definition) is 1. The predicted molar refractivity (Wildman–Crippen MR) is 120 cm³/mol. The number of aromatic nitrogens is 2. The van der Waals surface area contributed by atoms with Crippen LogP contribution in [-0.2, 0) is 11.3 Å². The number of aryl methyl sites for hydroxylation is 1. The van der Waals surface area contributed by atoms with Crippen molar-refractivity contribution in [2.45, 2.75) is 52.3 Å². The fourth-order valence-electron chi connectivity index (χ4n) is 3.87. The van der Waals surface area contributed by atoms with Crippen LogP contribution in [0.2, 0.25) is 0 Å². The van der Waals surface area contributed by atoms with E-state index in [1.807, 2.05) is 26.8 Å². The van der Waals surface area contributed by atoms with Crippen molar-refractivity contribution in [2.24, 2.45) is 0 Å². The summed E-state index contributed by atoms with van der Waals surface area (Å²) >= 11 is 0. The minimum Gasteiger partial charge on any atom is -0.444 e. The third-order valence-corrected chi connectivity index (χ3v) is 5.29. The molecule has 1 aliphatic rings. The normalized spacial score (nSPS) is 16.8. The molecule has 6 nitrogen and oxygen atoms in total. The first-order chi connectivity index (χ1) is 14.3. The van der Waals surface area contributed by atoms with Crippen LogP contribution in [0.1, 0.15) is 38.3 Å². The maximum atomic E-state index is 12.2. The Bertz CT molecular complexity index is 1030. The second-order valence-corrected chi connectivity index (χ2v) is 9.05. The Morgan fingerprint density at radius 3 is 2.63 bits per heavy atom. The van der Waals surface area contributed by atoms with E-state index in [2.05, 4.69) is 64.2 Å². The van der Waals surface area contributed by atoms with E-state index in [-0.39, 0.29) is 12.1 Å². The smallest absolute Gasteiger partial charge is 0.407 e. The van der Waals surface area contributed by atoms with Crippen LogP contribution in [0.15, 0.2) is 48.5 Å². The maximum Gasteiger partial charge on any atom is 0.407 e. The molecule has 0 spiro atoms. The molecule has 0 bridgehead atoms. The Morgan fingerprint density at radius 1 is 1.17 bits per heavy atom. The van der Waals surface area contributed by atoms with Crippen LogP contribution in [-0.4, -0.2) is 40.4 Å². The molecule has 158 valence electrons. The standard InChI is InChI=1S/C24H30N4O2/c1-17-9-11-18(12-10-17)15-28-21-8-6-5-7-20(21)26-22(28)27-14-13-19(16-27)25-23(29)30-24(2,3)4/h5-12,19H,13-16H2,1-4H3,(H,25,29). The number of imidazole rings is 1. The second kappa shape index (κ2) is 8.01. The van der Waals surface area contributed by atoms with Gasteiger partial charge in [-0.25, -0.2) is 9.78 Å². The number of carbonyl (C=O) groups excluding carboxylic acids is 1. The molecule has 30 heavy (non-hydrogen) atoms. The number of para-hydroxylation sites is 2. The fraction of sp³-hybridized carbons (Fsp3) is 0.417. The third-order valence-electron chi connectivity index (χ3n) is 5.29. The molecule has 1 aromatic heterocycles. The number of hydrogen-bond acceptors (Lipinski definition) is 4. The molecule has 1 atom stereocenters. The molecule has 0 saturated carbocycles. The van der Waals surface area contributed by atoms with Crippen molar-refractivity contribution in [1.29, 1.82) is 0 Å². The number of fused-ring (bicyclic) bond motifs is 1. The molecular weight excluding hydrogens is 376 g/mol. The zero-order valence-corrected chi connectivity index (χ0v) is 18.2. The zero-order chi connectivity index (χ0) is 21.3.